The van der Waals surface area contributed by atoms with E-state index in [1.165, 1.54) is 26.6 Å². The third kappa shape index (κ3) is 25.1. The molecule has 0 bridgehead atoms. The summed E-state index contributed by atoms with van der Waals surface area (Å²) in [6, 6.07) is 37.0. The van der Waals surface area contributed by atoms with Crippen LogP contribution in [0.5, 0.6) is 0 Å². The fraction of sp³-hybridized carbons (Fsp3) is 0.429. The molecule has 0 radical (unpaired) electrons. The SMILES string of the molecule is C=O.C=O.CN.Cc1ccc(CCN(CC(=O)N(CCO)CC(=O)N(CCCCN)CC(=O)N(CCCCN)CC(N)=O)C(=O)CN(CC(c2ccccc2)c2ccccc2)C(=O)CNC(C)c2ccccc2)cc1. The second-order valence-corrected chi connectivity index (χ2v) is 17.3. The Hall–Kier alpha value is -7.16. The monoisotopic (exact) mass is 1040 g/mol. The lowest BCUT2D eigenvalue weighted by atomic mass is 9.90. The first-order valence-electron chi connectivity index (χ1n) is 25.1. The molecule has 0 spiro atoms. The average Bonchev–Trinajstić information content (AvgIpc) is 3.44. The van der Waals surface area contributed by atoms with Gasteiger partial charge in [-0.05, 0) is 88.3 Å². The van der Waals surface area contributed by atoms with E-state index in [1.54, 1.807) is 4.90 Å². The van der Waals surface area contributed by atoms with Crippen LogP contribution in [-0.4, -0.2) is 177 Å². The van der Waals surface area contributed by atoms with E-state index >= 15 is 0 Å². The number of nitrogens with two attached hydrogens (primary N) is 4. The Kier molecular flexibility index (Phi) is 34.5. The second-order valence-electron chi connectivity index (χ2n) is 17.3. The van der Waals surface area contributed by atoms with Gasteiger partial charge in [0.05, 0.1) is 45.9 Å². The van der Waals surface area contributed by atoms with Gasteiger partial charge in [0.2, 0.25) is 35.4 Å². The molecule has 0 fully saturated rings. The summed E-state index contributed by atoms with van der Waals surface area (Å²) in [6.07, 6.45) is 2.58. The minimum Gasteiger partial charge on any atom is -0.395 e. The van der Waals surface area contributed by atoms with E-state index in [0.717, 1.165) is 27.8 Å². The Bertz CT molecular complexity index is 2190. The van der Waals surface area contributed by atoms with E-state index in [-0.39, 0.29) is 76.8 Å². The number of nitrogens with one attached hydrogen (secondary N) is 1. The number of hydrogen-bond acceptors (Lipinski definition) is 13. The van der Waals surface area contributed by atoms with Gasteiger partial charge >= 0.3 is 0 Å². The summed E-state index contributed by atoms with van der Waals surface area (Å²) in [5, 5.41) is 13.5. The lowest BCUT2D eigenvalue weighted by Crippen LogP contribution is -2.52. The van der Waals surface area contributed by atoms with Gasteiger partial charge in [-0.2, -0.15) is 0 Å². The predicted octanol–water partition coefficient (Wildman–Crippen LogP) is 2.02. The number of rotatable bonds is 31. The quantitative estimate of drug-likeness (QED) is 0.0394. The molecular formula is C56H82N10O9. The van der Waals surface area contributed by atoms with Crippen molar-refractivity contribution in [3.8, 4) is 0 Å². The minimum absolute atomic E-state index is 0.0629. The fourth-order valence-corrected chi connectivity index (χ4v) is 7.90. The van der Waals surface area contributed by atoms with E-state index < -0.39 is 49.2 Å². The van der Waals surface area contributed by atoms with Crippen molar-refractivity contribution in [3.63, 3.8) is 0 Å². The molecule has 0 aromatic heterocycles. The van der Waals surface area contributed by atoms with Crippen LogP contribution in [0.25, 0.3) is 0 Å². The molecule has 4 aromatic rings. The van der Waals surface area contributed by atoms with Crippen LogP contribution in [0.3, 0.4) is 0 Å². The first kappa shape index (κ1) is 65.9. The Morgan fingerprint density at radius 3 is 1.32 bits per heavy atom. The van der Waals surface area contributed by atoms with Gasteiger partial charge in [-0.15, -0.1) is 0 Å². The van der Waals surface area contributed by atoms with Crippen LogP contribution in [0.2, 0.25) is 0 Å². The van der Waals surface area contributed by atoms with Gasteiger partial charge in [0, 0.05) is 44.7 Å². The Balaban J connectivity index is 0.00000452. The molecule has 0 saturated heterocycles. The molecule has 6 amide bonds. The van der Waals surface area contributed by atoms with Gasteiger partial charge in [0.25, 0.3) is 0 Å². The number of amides is 6. The van der Waals surface area contributed by atoms with E-state index in [0.29, 0.717) is 45.2 Å². The zero-order valence-electron chi connectivity index (χ0n) is 44.2. The maximum absolute atomic E-state index is 14.8. The summed E-state index contributed by atoms with van der Waals surface area (Å²) in [7, 11) is 1.50. The molecule has 0 aliphatic carbocycles. The number of unbranched alkanes of at least 4 members (excludes halogenated alkanes) is 2. The molecule has 0 saturated carbocycles. The number of aliphatic hydroxyl groups excluding tert-OH is 1. The fourth-order valence-electron chi connectivity index (χ4n) is 7.90. The number of benzene rings is 4. The maximum atomic E-state index is 14.8. The van der Waals surface area contributed by atoms with Crippen LogP contribution in [0.15, 0.2) is 115 Å². The third-order valence-corrected chi connectivity index (χ3v) is 12.0. The van der Waals surface area contributed by atoms with Gasteiger partial charge in [0.1, 0.15) is 13.6 Å². The van der Waals surface area contributed by atoms with Crippen molar-refractivity contribution in [1.29, 1.82) is 0 Å². The number of nitrogens with zero attached hydrogens (tertiary/aromatic N) is 5. The first-order valence-corrected chi connectivity index (χ1v) is 25.1. The van der Waals surface area contributed by atoms with Crippen molar-refractivity contribution in [1.82, 2.24) is 29.8 Å². The number of aryl methyl sites for hydroxylation is 1. The number of carbonyl (C=O) groups excluding carboxylic acids is 8. The molecule has 19 heteroatoms. The molecule has 4 aromatic carbocycles. The molecule has 0 aliphatic rings. The lowest BCUT2D eigenvalue weighted by molar-refractivity contribution is -0.147. The summed E-state index contributed by atoms with van der Waals surface area (Å²) in [5.74, 6) is -3.45. The molecule has 4 rings (SSSR count). The summed E-state index contributed by atoms with van der Waals surface area (Å²) < 4.78 is 0. The van der Waals surface area contributed by atoms with Gasteiger partial charge < -0.3 is 67.4 Å². The highest BCUT2D eigenvalue weighted by Crippen LogP contribution is 2.26. The Labute approximate surface area is 443 Å². The standard InChI is InChI=1S/C53H73N9O7.CH5N.2CH2O/c1-41-22-24-43(25-23-41)26-31-60(38-52(68)61(32-33-63)39-51(67)59(30-15-13-28-55)37-50(66)58(36-48(56)64)29-14-12-27-54)53(69)40-62(49(65)34-57-42(2)44-16-6-3-7-17-44)35-47(45-18-8-4-9-19-45)46-20-10-5-11-21-46;3*1-2/h3-11,16-25,42,47,57,63H,12-15,26-40,54-55H2,1-2H3,(H2,56,64);2H2,1H3;2*1H2. The van der Waals surface area contributed by atoms with Gasteiger partial charge in [-0.1, -0.05) is 121 Å². The second kappa shape index (κ2) is 39.3. The van der Waals surface area contributed by atoms with Gasteiger partial charge in [-0.3, -0.25) is 28.8 Å². The van der Waals surface area contributed by atoms with Gasteiger partial charge in [0.15, 0.2) is 0 Å². The van der Waals surface area contributed by atoms with Crippen LogP contribution in [0.4, 0.5) is 0 Å². The van der Waals surface area contributed by atoms with Crippen LogP contribution in [0.1, 0.15) is 72.4 Å². The van der Waals surface area contributed by atoms with Crippen LogP contribution < -0.4 is 28.3 Å². The summed E-state index contributed by atoms with van der Waals surface area (Å²) in [5.41, 5.74) is 26.3. The molecule has 0 aliphatic heterocycles. The van der Waals surface area contributed by atoms with E-state index in [4.69, 9.17) is 26.8 Å². The van der Waals surface area contributed by atoms with Crippen molar-refractivity contribution < 1.29 is 43.5 Å². The van der Waals surface area contributed by atoms with Crippen molar-refractivity contribution in [2.24, 2.45) is 22.9 Å². The summed E-state index contributed by atoms with van der Waals surface area (Å²) in [4.78, 5) is 106. The van der Waals surface area contributed by atoms with Gasteiger partial charge in [-0.25, -0.2) is 0 Å². The molecule has 410 valence electrons. The average molecular weight is 1040 g/mol. The maximum Gasteiger partial charge on any atom is 0.242 e. The molecule has 0 heterocycles. The summed E-state index contributed by atoms with van der Waals surface area (Å²) >= 11 is 0. The molecule has 10 N–H and O–H groups in total. The molecule has 1 atom stereocenters. The Morgan fingerprint density at radius 2 is 0.907 bits per heavy atom. The minimum atomic E-state index is -0.702. The van der Waals surface area contributed by atoms with E-state index in [2.05, 4.69) is 11.1 Å². The highest BCUT2D eigenvalue weighted by molar-refractivity contribution is 5.92. The Morgan fingerprint density at radius 1 is 0.520 bits per heavy atom. The number of aliphatic hydroxyl groups is 1. The van der Waals surface area contributed by atoms with E-state index in [9.17, 15) is 33.9 Å². The summed E-state index contributed by atoms with van der Waals surface area (Å²) in [6.45, 7) is 6.56. The van der Waals surface area contributed by atoms with Crippen molar-refractivity contribution >= 4 is 49.0 Å². The molecule has 75 heavy (non-hydrogen) atoms. The highest BCUT2D eigenvalue weighted by Gasteiger charge is 2.30. The first-order chi connectivity index (χ1) is 36.3. The normalized spacial score (nSPS) is 10.7. The molecule has 19 nitrogen and oxygen atoms in total. The zero-order chi connectivity index (χ0) is 56.0. The smallest absolute Gasteiger partial charge is 0.242 e. The highest BCUT2D eigenvalue weighted by atomic mass is 16.3. The van der Waals surface area contributed by atoms with Crippen molar-refractivity contribution in [2.45, 2.75) is 57.9 Å². The topological polar surface area (TPSA) is 289 Å². The third-order valence-electron chi connectivity index (χ3n) is 12.0. The van der Waals surface area contributed by atoms with Crippen LogP contribution >= 0.6 is 0 Å². The van der Waals surface area contributed by atoms with Crippen molar-refractivity contribution in [2.75, 3.05) is 98.7 Å². The van der Waals surface area contributed by atoms with Crippen molar-refractivity contribution in [3.05, 3.63) is 143 Å². The largest absolute Gasteiger partial charge is 0.395 e. The zero-order valence-corrected chi connectivity index (χ0v) is 44.2. The number of hydrogen-bond donors (Lipinski definition) is 6. The molecular weight excluding hydrogens is 957 g/mol. The predicted molar refractivity (Wildman–Crippen MR) is 293 cm³/mol. The number of carbonyl (C=O) groups is 8. The van der Waals surface area contributed by atoms with Crippen LogP contribution in [-0.2, 0) is 44.8 Å². The van der Waals surface area contributed by atoms with E-state index in [1.807, 2.05) is 143 Å². The number of primary amides is 1. The molecule has 1 unspecified atom stereocenters. The lowest BCUT2D eigenvalue weighted by Gasteiger charge is -2.33. The van der Waals surface area contributed by atoms with Crippen LogP contribution in [0, 0.1) is 6.92 Å².